The molecule has 0 bridgehead atoms. The standard InChI is InChI=1S/C17H16ClN5/c1-10-4-5-13-8-14(16(18)22-15(13)6-10)9-19-23-17-20-11(2)7-12(3)21-17/h4-9H,1-3H3,(H,20,21,23)/b19-9+. The number of halogens is 1. The lowest BCUT2D eigenvalue weighted by molar-refractivity contribution is 1.04. The Morgan fingerprint density at radius 1 is 1.00 bits per heavy atom. The zero-order chi connectivity index (χ0) is 16.4. The first-order valence-electron chi connectivity index (χ1n) is 7.19. The van der Waals surface area contributed by atoms with E-state index in [0.29, 0.717) is 11.1 Å². The van der Waals surface area contributed by atoms with Crippen molar-refractivity contribution in [1.29, 1.82) is 0 Å². The maximum absolute atomic E-state index is 6.23. The summed E-state index contributed by atoms with van der Waals surface area (Å²) in [6, 6.07) is 9.93. The van der Waals surface area contributed by atoms with Crippen LogP contribution in [0, 0.1) is 20.8 Å². The summed E-state index contributed by atoms with van der Waals surface area (Å²) in [7, 11) is 0. The Balaban J connectivity index is 1.85. The number of anilines is 1. The van der Waals surface area contributed by atoms with Gasteiger partial charge in [-0.3, -0.25) is 0 Å². The molecule has 0 spiro atoms. The Hall–Kier alpha value is -2.53. The predicted molar refractivity (Wildman–Crippen MR) is 94.2 cm³/mol. The number of fused-ring (bicyclic) bond motifs is 1. The minimum absolute atomic E-state index is 0.412. The van der Waals surface area contributed by atoms with Gasteiger partial charge in [0.25, 0.3) is 0 Å². The van der Waals surface area contributed by atoms with Crippen LogP contribution in [0.4, 0.5) is 5.95 Å². The van der Waals surface area contributed by atoms with Gasteiger partial charge < -0.3 is 0 Å². The van der Waals surface area contributed by atoms with Crippen LogP contribution in [-0.4, -0.2) is 21.2 Å². The molecule has 23 heavy (non-hydrogen) atoms. The van der Waals surface area contributed by atoms with Crippen molar-refractivity contribution in [2.45, 2.75) is 20.8 Å². The smallest absolute Gasteiger partial charge is 0.243 e. The highest BCUT2D eigenvalue weighted by molar-refractivity contribution is 6.32. The van der Waals surface area contributed by atoms with E-state index in [0.717, 1.165) is 33.4 Å². The minimum atomic E-state index is 0.412. The van der Waals surface area contributed by atoms with E-state index in [-0.39, 0.29) is 0 Å². The second-order valence-electron chi connectivity index (χ2n) is 5.41. The van der Waals surface area contributed by atoms with Gasteiger partial charge in [-0.1, -0.05) is 23.7 Å². The van der Waals surface area contributed by atoms with E-state index in [1.807, 2.05) is 51.1 Å². The fourth-order valence-electron chi connectivity index (χ4n) is 2.30. The zero-order valence-corrected chi connectivity index (χ0v) is 13.9. The molecule has 0 aliphatic rings. The van der Waals surface area contributed by atoms with Gasteiger partial charge in [0.05, 0.1) is 11.7 Å². The molecule has 2 aromatic heterocycles. The van der Waals surface area contributed by atoms with E-state index < -0.39 is 0 Å². The molecule has 5 nitrogen and oxygen atoms in total. The SMILES string of the molecule is Cc1ccc2cc(/C=N/Nc3nc(C)cc(C)n3)c(Cl)nc2c1. The Labute approximate surface area is 139 Å². The summed E-state index contributed by atoms with van der Waals surface area (Å²) in [5, 5.41) is 5.58. The molecule has 0 aliphatic heterocycles. The van der Waals surface area contributed by atoms with Crippen LogP contribution >= 0.6 is 11.6 Å². The molecule has 3 aromatic rings. The number of hydrogen-bond donors (Lipinski definition) is 1. The van der Waals surface area contributed by atoms with Crippen LogP contribution in [0.5, 0.6) is 0 Å². The highest BCUT2D eigenvalue weighted by Gasteiger charge is 2.04. The summed E-state index contributed by atoms with van der Waals surface area (Å²) in [6.07, 6.45) is 1.62. The van der Waals surface area contributed by atoms with Crippen molar-refractivity contribution < 1.29 is 0 Å². The number of nitrogens with one attached hydrogen (secondary N) is 1. The van der Waals surface area contributed by atoms with Gasteiger partial charge in [-0.2, -0.15) is 5.10 Å². The number of rotatable bonds is 3. The van der Waals surface area contributed by atoms with Crippen LogP contribution in [0.25, 0.3) is 10.9 Å². The summed E-state index contributed by atoms with van der Waals surface area (Å²) in [4.78, 5) is 12.9. The van der Waals surface area contributed by atoms with Crippen molar-refractivity contribution in [3.8, 4) is 0 Å². The maximum Gasteiger partial charge on any atom is 0.243 e. The van der Waals surface area contributed by atoms with Crippen LogP contribution < -0.4 is 5.43 Å². The van der Waals surface area contributed by atoms with E-state index in [2.05, 4.69) is 25.5 Å². The molecule has 0 saturated heterocycles. The van der Waals surface area contributed by atoms with Gasteiger partial charge in [0, 0.05) is 22.3 Å². The van der Waals surface area contributed by atoms with E-state index in [9.17, 15) is 0 Å². The van der Waals surface area contributed by atoms with Gasteiger partial charge in [0.2, 0.25) is 5.95 Å². The van der Waals surface area contributed by atoms with Gasteiger partial charge in [-0.15, -0.1) is 0 Å². The van der Waals surface area contributed by atoms with Crippen molar-refractivity contribution in [1.82, 2.24) is 15.0 Å². The highest BCUT2D eigenvalue weighted by atomic mass is 35.5. The zero-order valence-electron chi connectivity index (χ0n) is 13.1. The van der Waals surface area contributed by atoms with Crippen LogP contribution in [0.15, 0.2) is 35.4 Å². The van der Waals surface area contributed by atoms with Crippen molar-refractivity contribution in [3.63, 3.8) is 0 Å². The van der Waals surface area contributed by atoms with Crippen LogP contribution in [0.1, 0.15) is 22.5 Å². The number of aromatic nitrogens is 3. The fourth-order valence-corrected chi connectivity index (χ4v) is 2.49. The van der Waals surface area contributed by atoms with Gasteiger partial charge in [0.15, 0.2) is 0 Å². The Kier molecular flexibility index (Phi) is 4.21. The molecular formula is C17H16ClN5. The highest BCUT2D eigenvalue weighted by Crippen LogP contribution is 2.20. The number of hydrazone groups is 1. The normalized spacial score (nSPS) is 11.3. The quantitative estimate of drug-likeness (QED) is 0.448. The summed E-state index contributed by atoms with van der Waals surface area (Å²) in [5.74, 6) is 0.458. The molecule has 6 heteroatoms. The average Bonchev–Trinajstić information content (AvgIpc) is 2.47. The van der Waals surface area contributed by atoms with Crippen molar-refractivity contribution in [2.75, 3.05) is 5.43 Å². The molecule has 3 rings (SSSR count). The van der Waals surface area contributed by atoms with E-state index in [1.165, 1.54) is 0 Å². The van der Waals surface area contributed by atoms with Crippen LogP contribution in [0.3, 0.4) is 0 Å². The van der Waals surface area contributed by atoms with Gasteiger partial charge >= 0.3 is 0 Å². The lowest BCUT2D eigenvalue weighted by atomic mass is 10.1. The first-order chi connectivity index (χ1) is 11.0. The van der Waals surface area contributed by atoms with Crippen LogP contribution in [-0.2, 0) is 0 Å². The van der Waals surface area contributed by atoms with E-state index in [1.54, 1.807) is 6.21 Å². The van der Waals surface area contributed by atoms with Gasteiger partial charge in [-0.25, -0.2) is 20.4 Å². The molecule has 0 amide bonds. The van der Waals surface area contributed by atoms with Crippen LogP contribution in [0.2, 0.25) is 5.15 Å². The summed E-state index contributed by atoms with van der Waals surface area (Å²) in [6.45, 7) is 5.85. The summed E-state index contributed by atoms with van der Waals surface area (Å²) in [5.41, 5.74) is 7.35. The number of hydrogen-bond acceptors (Lipinski definition) is 5. The number of nitrogens with zero attached hydrogens (tertiary/aromatic N) is 4. The second-order valence-corrected chi connectivity index (χ2v) is 5.77. The van der Waals surface area contributed by atoms with E-state index >= 15 is 0 Å². The number of benzene rings is 1. The van der Waals surface area contributed by atoms with Crippen molar-refractivity contribution >= 4 is 34.7 Å². The third-order valence-corrected chi connectivity index (χ3v) is 3.61. The molecule has 0 unspecified atom stereocenters. The molecule has 2 heterocycles. The molecule has 1 N–H and O–H groups in total. The van der Waals surface area contributed by atoms with Crippen molar-refractivity contribution in [2.24, 2.45) is 5.10 Å². The summed E-state index contributed by atoms with van der Waals surface area (Å²) >= 11 is 6.23. The second kappa shape index (κ2) is 6.30. The molecule has 116 valence electrons. The topological polar surface area (TPSA) is 63.1 Å². The average molecular weight is 326 g/mol. The lowest BCUT2D eigenvalue weighted by Gasteiger charge is -2.04. The predicted octanol–water partition coefficient (Wildman–Crippen LogP) is 4.05. The van der Waals surface area contributed by atoms with Gasteiger partial charge in [-0.05, 0) is 44.5 Å². The molecule has 0 aliphatic carbocycles. The Morgan fingerprint density at radius 2 is 1.74 bits per heavy atom. The molecule has 0 fully saturated rings. The fraction of sp³-hybridized carbons (Fsp3) is 0.176. The largest absolute Gasteiger partial charge is 0.245 e. The molecule has 0 radical (unpaired) electrons. The van der Waals surface area contributed by atoms with Crippen molar-refractivity contribution in [3.05, 3.63) is 58.0 Å². The molecule has 0 atom stereocenters. The van der Waals surface area contributed by atoms with E-state index in [4.69, 9.17) is 11.6 Å². The Morgan fingerprint density at radius 3 is 2.48 bits per heavy atom. The monoisotopic (exact) mass is 325 g/mol. The Bertz CT molecular complexity index is 885. The molecular weight excluding hydrogens is 310 g/mol. The maximum atomic E-state index is 6.23. The third kappa shape index (κ3) is 3.63. The minimum Gasteiger partial charge on any atom is -0.245 e. The number of aryl methyl sites for hydroxylation is 3. The molecule has 0 saturated carbocycles. The first-order valence-corrected chi connectivity index (χ1v) is 7.57. The van der Waals surface area contributed by atoms with Gasteiger partial charge in [0.1, 0.15) is 5.15 Å². The first kappa shape index (κ1) is 15.4. The number of pyridine rings is 1. The summed E-state index contributed by atoms with van der Waals surface area (Å²) < 4.78 is 0. The third-order valence-electron chi connectivity index (χ3n) is 3.30. The molecule has 1 aromatic carbocycles. The lowest BCUT2D eigenvalue weighted by Crippen LogP contribution is -2.00.